The first kappa shape index (κ1) is 16.2. The van der Waals surface area contributed by atoms with Crippen LogP contribution in [-0.2, 0) is 0 Å². The van der Waals surface area contributed by atoms with E-state index in [4.69, 9.17) is 0 Å². The molecule has 0 unspecified atom stereocenters. The van der Waals surface area contributed by atoms with Gasteiger partial charge >= 0.3 is 0 Å². The fraction of sp³-hybridized carbons (Fsp3) is 0.300. The summed E-state index contributed by atoms with van der Waals surface area (Å²) in [7, 11) is 0. The van der Waals surface area contributed by atoms with Gasteiger partial charge < -0.3 is 10.0 Å². The molecule has 1 amide bonds. The Hall–Kier alpha value is -2.24. The highest BCUT2D eigenvalue weighted by Gasteiger charge is 2.33. The van der Waals surface area contributed by atoms with E-state index >= 15 is 0 Å². The van der Waals surface area contributed by atoms with Crippen LogP contribution in [0.15, 0.2) is 48.0 Å². The number of rotatable bonds is 2. The Morgan fingerprint density at radius 2 is 2.16 bits per heavy atom. The number of hydrogen-bond acceptors (Lipinski definition) is 4. The zero-order valence-electron chi connectivity index (χ0n) is 14.1. The predicted octanol–water partition coefficient (Wildman–Crippen LogP) is 3.60. The van der Waals surface area contributed by atoms with Crippen molar-refractivity contribution < 1.29 is 9.90 Å². The van der Waals surface area contributed by atoms with Crippen molar-refractivity contribution in [1.29, 1.82) is 0 Å². The molecule has 0 spiro atoms. The van der Waals surface area contributed by atoms with Crippen molar-refractivity contribution in [2.75, 3.05) is 13.1 Å². The van der Waals surface area contributed by atoms with Gasteiger partial charge in [0.2, 0.25) is 0 Å². The number of para-hydroxylation sites is 1. The average molecular weight is 352 g/mol. The highest BCUT2D eigenvalue weighted by atomic mass is 32.1. The standard InChI is InChI=1S/C20H20N2O2S/c1-13-7-9-25-19(13)16-6-8-22(12-18(16)23)20(24)15-10-14-4-2-3-5-17(14)21-11-15/h2-5,7,9-11,16,18,23H,6,8,12H2,1H3/t16-,18-/m1/s1. The van der Waals surface area contributed by atoms with Crippen LogP contribution in [-0.4, -0.2) is 40.1 Å². The van der Waals surface area contributed by atoms with Gasteiger partial charge in [-0.05, 0) is 42.5 Å². The van der Waals surface area contributed by atoms with Crippen molar-refractivity contribution in [3.63, 3.8) is 0 Å². The number of aliphatic hydroxyl groups excluding tert-OH is 1. The molecule has 1 saturated heterocycles. The minimum Gasteiger partial charge on any atom is -0.391 e. The quantitative estimate of drug-likeness (QED) is 0.767. The van der Waals surface area contributed by atoms with Crippen molar-refractivity contribution >= 4 is 28.1 Å². The number of thiophene rings is 1. The lowest BCUT2D eigenvalue weighted by molar-refractivity contribution is 0.0386. The van der Waals surface area contributed by atoms with Gasteiger partial charge in [0.05, 0.1) is 17.2 Å². The van der Waals surface area contributed by atoms with E-state index in [9.17, 15) is 9.90 Å². The number of piperidine rings is 1. The maximum Gasteiger partial charge on any atom is 0.255 e. The molecule has 1 aliphatic heterocycles. The zero-order valence-corrected chi connectivity index (χ0v) is 14.9. The normalized spacial score (nSPS) is 20.8. The van der Waals surface area contributed by atoms with Crippen LogP contribution in [0, 0.1) is 6.92 Å². The summed E-state index contributed by atoms with van der Waals surface area (Å²) in [6.07, 6.45) is 1.89. The molecule has 1 fully saturated rings. The molecule has 5 heteroatoms. The summed E-state index contributed by atoms with van der Waals surface area (Å²) in [5.74, 6) is 0.0671. The third kappa shape index (κ3) is 3.05. The Bertz CT molecular complexity index is 921. The molecule has 4 rings (SSSR count). The zero-order chi connectivity index (χ0) is 17.4. The first-order chi connectivity index (χ1) is 12.1. The first-order valence-electron chi connectivity index (χ1n) is 8.49. The fourth-order valence-electron chi connectivity index (χ4n) is 3.56. The number of aliphatic hydroxyl groups is 1. The number of likely N-dealkylation sites (tertiary alicyclic amines) is 1. The molecule has 1 N–H and O–H groups in total. The molecule has 1 aromatic carbocycles. The summed E-state index contributed by atoms with van der Waals surface area (Å²) in [6, 6.07) is 11.7. The molecule has 4 nitrogen and oxygen atoms in total. The van der Waals surface area contributed by atoms with Gasteiger partial charge in [-0.15, -0.1) is 11.3 Å². The summed E-state index contributed by atoms with van der Waals surface area (Å²) in [4.78, 5) is 20.2. The van der Waals surface area contributed by atoms with E-state index in [1.165, 1.54) is 10.4 Å². The number of fused-ring (bicyclic) bond motifs is 1. The predicted molar refractivity (Wildman–Crippen MR) is 100 cm³/mol. The van der Waals surface area contributed by atoms with Crippen molar-refractivity contribution in [3.8, 4) is 0 Å². The number of β-amino-alcohol motifs (C(OH)–C–C–N with tert-alkyl or cyclic N) is 1. The number of amides is 1. The van der Waals surface area contributed by atoms with E-state index in [0.717, 1.165) is 17.3 Å². The Morgan fingerprint density at radius 1 is 1.32 bits per heavy atom. The number of nitrogens with zero attached hydrogens (tertiary/aromatic N) is 2. The van der Waals surface area contributed by atoms with Crippen LogP contribution in [0.5, 0.6) is 0 Å². The van der Waals surface area contributed by atoms with E-state index in [0.29, 0.717) is 18.7 Å². The highest BCUT2D eigenvalue weighted by molar-refractivity contribution is 7.10. The summed E-state index contributed by atoms with van der Waals surface area (Å²) in [5.41, 5.74) is 2.69. The lowest BCUT2D eigenvalue weighted by atomic mass is 9.90. The van der Waals surface area contributed by atoms with Crippen LogP contribution >= 0.6 is 11.3 Å². The lowest BCUT2D eigenvalue weighted by Gasteiger charge is -2.36. The van der Waals surface area contributed by atoms with Crippen molar-refractivity contribution in [2.24, 2.45) is 0 Å². The van der Waals surface area contributed by atoms with Gasteiger partial charge in [-0.1, -0.05) is 18.2 Å². The van der Waals surface area contributed by atoms with Crippen molar-refractivity contribution in [1.82, 2.24) is 9.88 Å². The van der Waals surface area contributed by atoms with Crippen molar-refractivity contribution in [2.45, 2.75) is 25.4 Å². The molecule has 0 saturated carbocycles. The number of benzene rings is 1. The van der Waals surface area contributed by atoms with Crippen LogP contribution < -0.4 is 0 Å². The minimum atomic E-state index is -0.525. The molecule has 0 bridgehead atoms. The fourth-order valence-corrected chi connectivity index (χ4v) is 4.68. The molecule has 1 aliphatic rings. The van der Waals surface area contributed by atoms with E-state index in [2.05, 4.69) is 23.4 Å². The van der Waals surface area contributed by atoms with E-state index in [-0.39, 0.29) is 11.8 Å². The van der Waals surface area contributed by atoms with Gasteiger partial charge in [-0.25, -0.2) is 0 Å². The number of hydrogen-bond donors (Lipinski definition) is 1. The molecule has 3 aromatic rings. The highest BCUT2D eigenvalue weighted by Crippen LogP contribution is 2.34. The summed E-state index contributed by atoms with van der Waals surface area (Å²) < 4.78 is 0. The van der Waals surface area contributed by atoms with Crippen LogP contribution in [0.2, 0.25) is 0 Å². The Balaban J connectivity index is 1.52. The van der Waals surface area contributed by atoms with Gasteiger partial charge in [0.1, 0.15) is 0 Å². The van der Waals surface area contributed by atoms with E-state index in [1.54, 1.807) is 22.4 Å². The smallest absolute Gasteiger partial charge is 0.255 e. The van der Waals surface area contributed by atoms with Crippen molar-refractivity contribution in [3.05, 3.63) is 64.0 Å². The van der Waals surface area contributed by atoms with Crippen LogP contribution in [0.1, 0.15) is 33.1 Å². The molecule has 2 atom stereocenters. The number of carbonyl (C=O) groups excluding carboxylic acids is 1. The summed E-state index contributed by atoms with van der Waals surface area (Å²) in [5, 5.41) is 13.6. The minimum absolute atomic E-state index is 0.0568. The molecule has 0 radical (unpaired) electrons. The Labute approximate surface area is 150 Å². The SMILES string of the molecule is Cc1ccsc1[C@@H]1CCN(C(=O)c2cnc3ccccc3c2)C[C@H]1O. The van der Waals surface area contributed by atoms with E-state index < -0.39 is 6.10 Å². The molecule has 128 valence electrons. The molecule has 25 heavy (non-hydrogen) atoms. The molecule has 2 aromatic heterocycles. The second-order valence-corrected chi connectivity index (χ2v) is 7.55. The van der Waals surface area contributed by atoms with E-state index in [1.807, 2.05) is 30.3 Å². The Morgan fingerprint density at radius 3 is 2.92 bits per heavy atom. The number of pyridine rings is 1. The number of aryl methyl sites for hydroxylation is 1. The molecular weight excluding hydrogens is 332 g/mol. The first-order valence-corrected chi connectivity index (χ1v) is 9.37. The van der Waals surface area contributed by atoms with Gasteiger partial charge in [0, 0.05) is 35.5 Å². The second kappa shape index (κ2) is 6.58. The average Bonchev–Trinajstić information content (AvgIpc) is 3.06. The maximum absolute atomic E-state index is 12.8. The largest absolute Gasteiger partial charge is 0.391 e. The monoisotopic (exact) mass is 352 g/mol. The number of carbonyl (C=O) groups is 1. The van der Waals surface area contributed by atoms with Gasteiger partial charge in [0.15, 0.2) is 0 Å². The molecular formula is C20H20N2O2S. The van der Waals surface area contributed by atoms with Gasteiger partial charge in [-0.3, -0.25) is 9.78 Å². The maximum atomic E-state index is 12.8. The van der Waals surface area contributed by atoms with Crippen LogP contribution in [0.4, 0.5) is 0 Å². The topological polar surface area (TPSA) is 53.4 Å². The molecule has 0 aliphatic carbocycles. The molecule has 3 heterocycles. The summed E-state index contributed by atoms with van der Waals surface area (Å²) >= 11 is 1.69. The summed E-state index contributed by atoms with van der Waals surface area (Å²) in [6.45, 7) is 3.11. The van der Waals surface area contributed by atoms with Crippen LogP contribution in [0.25, 0.3) is 10.9 Å². The number of aromatic nitrogens is 1. The lowest BCUT2D eigenvalue weighted by Crippen LogP contribution is -2.45. The Kier molecular flexibility index (Phi) is 4.27. The van der Waals surface area contributed by atoms with Crippen LogP contribution in [0.3, 0.4) is 0 Å². The van der Waals surface area contributed by atoms with Gasteiger partial charge in [-0.2, -0.15) is 0 Å². The third-order valence-electron chi connectivity index (χ3n) is 4.95. The second-order valence-electron chi connectivity index (χ2n) is 6.60. The van der Waals surface area contributed by atoms with Gasteiger partial charge in [0.25, 0.3) is 5.91 Å². The third-order valence-corrected chi connectivity index (χ3v) is 6.10.